The van der Waals surface area contributed by atoms with Crippen LogP contribution >= 0.6 is 0 Å². The number of carbonyl (C=O) groups is 2. The number of hydrogen-bond donors (Lipinski definition) is 0. The summed E-state index contributed by atoms with van der Waals surface area (Å²) in [5.74, 6) is -0.325. The van der Waals surface area contributed by atoms with E-state index in [4.69, 9.17) is 4.74 Å². The molecule has 0 aromatic heterocycles. The fourth-order valence-electron chi connectivity index (χ4n) is 1.63. The van der Waals surface area contributed by atoms with Crippen molar-refractivity contribution in [3.63, 3.8) is 0 Å². The molecule has 0 fully saturated rings. The van der Waals surface area contributed by atoms with Gasteiger partial charge in [0, 0.05) is 0 Å². The molecule has 0 N–H and O–H groups in total. The molecule has 17 heavy (non-hydrogen) atoms. The van der Waals surface area contributed by atoms with Gasteiger partial charge in [-0.2, -0.15) is 0 Å². The Morgan fingerprint density at radius 3 is 1.88 bits per heavy atom. The largest absolute Gasteiger partial charge is 0.454 e. The molecule has 0 spiro atoms. The predicted octanol–water partition coefficient (Wildman–Crippen LogP) is 3.50. The van der Waals surface area contributed by atoms with Gasteiger partial charge in [-0.1, -0.05) is 39.5 Å². The quantitative estimate of drug-likeness (QED) is 0.581. The lowest BCUT2D eigenvalue weighted by Crippen LogP contribution is -2.27. The van der Waals surface area contributed by atoms with Crippen LogP contribution in [-0.2, 0) is 14.3 Å². The molecule has 0 aliphatic carbocycles. The number of ether oxygens (including phenoxy) is 1. The molecule has 3 heteroatoms. The third kappa shape index (κ3) is 7.14. The van der Waals surface area contributed by atoms with Crippen molar-refractivity contribution in [1.29, 1.82) is 0 Å². The highest BCUT2D eigenvalue weighted by molar-refractivity contribution is 5.83. The molecular formula is C14H26O3. The number of ketones is 1. The van der Waals surface area contributed by atoms with Crippen LogP contribution in [0.4, 0.5) is 0 Å². The van der Waals surface area contributed by atoms with Gasteiger partial charge in [-0.15, -0.1) is 0 Å². The molecule has 0 aromatic carbocycles. The van der Waals surface area contributed by atoms with E-state index in [0.717, 1.165) is 38.5 Å². The van der Waals surface area contributed by atoms with Crippen LogP contribution in [0.1, 0.15) is 66.2 Å². The molecule has 1 atom stereocenters. The Morgan fingerprint density at radius 2 is 1.53 bits per heavy atom. The summed E-state index contributed by atoms with van der Waals surface area (Å²) in [6.45, 7) is 7.31. The Morgan fingerprint density at radius 1 is 1.06 bits per heavy atom. The van der Waals surface area contributed by atoms with E-state index in [2.05, 4.69) is 13.8 Å². The summed E-state index contributed by atoms with van der Waals surface area (Å²) in [7, 11) is 0. The fraction of sp³-hybridized carbons (Fsp3) is 0.857. The topological polar surface area (TPSA) is 43.4 Å². The summed E-state index contributed by atoms with van der Waals surface area (Å²) < 4.78 is 5.18. The predicted molar refractivity (Wildman–Crippen MR) is 68.8 cm³/mol. The molecule has 0 aliphatic rings. The molecule has 3 nitrogen and oxygen atoms in total. The molecule has 0 saturated carbocycles. The van der Waals surface area contributed by atoms with Crippen LogP contribution in [0, 0.1) is 5.92 Å². The SMILES string of the molecule is CCCCC(CCCC)C(=O)OC(C)C(C)=O. The molecule has 0 aliphatic heterocycles. The first-order valence-corrected chi connectivity index (χ1v) is 6.73. The summed E-state index contributed by atoms with van der Waals surface area (Å²) in [5.41, 5.74) is 0. The minimum atomic E-state index is -0.603. The molecule has 0 amide bonds. The highest BCUT2D eigenvalue weighted by Gasteiger charge is 2.22. The Balaban J connectivity index is 4.24. The maximum Gasteiger partial charge on any atom is 0.309 e. The summed E-state index contributed by atoms with van der Waals surface area (Å²) in [6, 6.07) is 0. The second-order valence-electron chi connectivity index (χ2n) is 4.67. The monoisotopic (exact) mass is 242 g/mol. The molecular weight excluding hydrogens is 216 g/mol. The minimum absolute atomic E-state index is 0.0308. The van der Waals surface area contributed by atoms with Crippen molar-refractivity contribution in [2.45, 2.75) is 72.3 Å². The molecule has 0 heterocycles. The number of Topliss-reactive ketones (excluding diaryl/α,β-unsaturated/α-hetero) is 1. The van der Waals surface area contributed by atoms with Gasteiger partial charge >= 0.3 is 5.97 Å². The van der Waals surface area contributed by atoms with E-state index in [0.29, 0.717) is 0 Å². The summed E-state index contributed by atoms with van der Waals surface area (Å²) in [4.78, 5) is 22.9. The Labute approximate surface area is 105 Å². The zero-order valence-electron chi connectivity index (χ0n) is 11.6. The second-order valence-corrected chi connectivity index (χ2v) is 4.67. The maximum atomic E-state index is 11.9. The van der Waals surface area contributed by atoms with Crippen LogP contribution in [0.25, 0.3) is 0 Å². The Hall–Kier alpha value is -0.860. The minimum Gasteiger partial charge on any atom is -0.454 e. The molecule has 1 unspecified atom stereocenters. The van der Waals surface area contributed by atoms with Gasteiger partial charge in [0.25, 0.3) is 0 Å². The number of rotatable bonds is 9. The molecule has 0 saturated heterocycles. The first kappa shape index (κ1) is 16.1. The van der Waals surface area contributed by atoms with E-state index in [-0.39, 0.29) is 17.7 Å². The lowest BCUT2D eigenvalue weighted by molar-refractivity contribution is -0.158. The number of esters is 1. The summed E-state index contributed by atoms with van der Waals surface area (Å²) >= 11 is 0. The second kappa shape index (κ2) is 9.20. The van der Waals surface area contributed by atoms with Crippen molar-refractivity contribution in [3.05, 3.63) is 0 Å². The lowest BCUT2D eigenvalue weighted by Gasteiger charge is -2.17. The van der Waals surface area contributed by atoms with Crippen LogP contribution in [0.3, 0.4) is 0 Å². The van der Waals surface area contributed by atoms with E-state index in [9.17, 15) is 9.59 Å². The van der Waals surface area contributed by atoms with Gasteiger partial charge in [-0.05, 0) is 26.7 Å². The third-order valence-corrected chi connectivity index (χ3v) is 3.01. The Bertz CT molecular complexity index is 228. The van der Waals surface area contributed by atoms with E-state index in [1.165, 1.54) is 6.92 Å². The van der Waals surface area contributed by atoms with Crippen LogP contribution in [0.5, 0.6) is 0 Å². The average Bonchev–Trinajstić information content (AvgIpc) is 2.28. The van der Waals surface area contributed by atoms with E-state index in [1.54, 1.807) is 6.92 Å². The first-order chi connectivity index (χ1) is 8.02. The van der Waals surface area contributed by atoms with Crippen LogP contribution < -0.4 is 0 Å². The molecule has 0 bridgehead atoms. The zero-order valence-corrected chi connectivity index (χ0v) is 11.6. The van der Waals surface area contributed by atoms with Gasteiger partial charge in [-0.3, -0.25) is 9.59 Å². The molecule has 100 valence electrons. The van der Waals surface area contributed by atoms with Crippen molar-refractivity contribution in [2.75, 3.05) is 0 Å². The van der Waals surface area contributed by atoms with Crippen molar-refractivity contribution in [1.82, 2.24) is 0 Å². The summed E-state index contributed by atoms with van der Waals surface area (Å²) in [5, 5.41) is 0. The highest BCUT2D eigenvalue weighted by Crippen LogP contribution is 2.18. The van der Waals surface area contributed by atoms with Crippen LogP contribution in [-0.4, -0.2) is 17.9 Å². The summed E-state index contributed by atoms with van der Waals surface area (Å²) in [6.07, 6.45) is 5.39. The number of carbonyl (C=O) groups excluding carboxylic acids is 2. The third-order valence-electron chi connectivity index (χ3n) is 3.01. The van der Waals surface area contributed by atoms with Gasteiger partial charge in [0.2, 0.25) is 0 Å². The van der Waals surface area contributed by atoms with Crippen molar-refractivity contribution < 1.29 is 14.3 Å². The molecule has 0 aromatic rings. The average molecular weight is 242 g/mol. The Kier molecular flexibility index (Phi) is 8.73. The van der Waals surface area contributed by atoms with Crippen LogP contribution in [0.2, 0.25) is 0 Å². The zero-order chi connectivity index (χ0) is 13.3. The standard InChI is InChI=1S/C14H26O3/c1-5-7-9-13(10-8-6-2)14(16)17-12(4)11(3)15/h12-13H,5-10H2,1-4H3. The molecule has 0 rings (SSSR count). The van der Waals surface area contributed by atoms with Gasteiger partial charge in [-0.25, -0.2) is 0 Å². The van der Waals surface area contributed by atoms with E-state index >= 15 is 0 Å². The smallest absolute Gasteiger partial charge is 0.309 e. The maximum absolute atomic E-state index is 11.9. The lowest BCUT2D eigenvalue weighted by atomic mass is 9.96. The van der Waals surface area contributed by atoms with Gasteiger partial charge in [0.05, 0.1) is 5.92 Å². The van der Waals surface area contributed by atoms with Gasteiger partial charge in [0.1, 0.15) is 0 Å². The van der Waals surface area contributed by atoms with Gasteiger partial charge < -0.3 is 4.74 Å². The van der Waals surface area contributed by atoms with Crippen molar-refractivity contribution in [3.8, 4) is 0 Å². The van der Waals surface area contributed by atoms with E-state index in [1.807, 2.05) is 0 Å². The first-order valence-electron chi connectivity index (χ1n) is 6.73. The highest BCUT2D eigenvalue weighted by atomic mass is 16.5. The normalized spacial score (nSPS) is 12.5. The van der Waals surface area contributed by atoms with E-state index < -0.39 is 6.10 Å². The molecule has 0 radical (unpaired) electrons. The number of hydrogen-bond acceptors (Lipinski definition) is 3. The van der Waals surface area contributed by atoms with Gasteiger partial charge in [0.15, 0.2) is 11.9 Å². The van der Waals surface area contributed by atoms with Crippen molar-refractivity contribution >= 4 is 11.8 Å². The van der Waals surface area contributed by atoms with Crippen LogP contribution in [0.15, 0.2) is 0 Å². The number of unbranched alkanes of at least 4 members (excludes halogenated alkanes) is 2. The fourth-order valence-corrected chi connectivity index (χ4v) is 1.63. The van der Waals surface area contributed by atoms with Crippen molar-refractivity contribution in [2.24, 2.45) is 5.92 Å².